The number of rotatable bonds is 8. The second-order valence-electron chi connectivity index (χ2n) is 7.97. The molecule has 0 atom stereocenters. The van der Waals surface area contributed by atoms with Crippen molar-refractivity contribution in [1.29, 1.82) is 0 Å². The third-order valence-electron chi connectivity index (χ3n) is 5.41. The molecule has 0 aromatic carbocycles. The maximum Gasteiger partial charge on any atom is 0.435 e. The molecule has 0 bridgehead atoms. The predicted octanol–water partition coefficient (Wildman–Crippen LogP) is 4.82. The number of alkyl halides is 3. The number of aromatic nitrogens is 4. The van der Waals surface area contributed by atoms with Gasteiger partial charge in [0.1, 0.15) is 5.76 Å². The average Bonchev–Trinajstić information content (AvgIpc) is 3.22. The normalized spacial score (nSPS) is 14.2. The van der Waals surface area contributed by atoms with Gasteiger partial charge in [0.05, 0.1) is 22.4 Å². The summed E-state index contributed by atoms with van der Waals surface area (Å²) in [5.41, 5.74) is 1.59. The minimum Gasteiger partial charge on any atom is -0.454 e. The molecule has 1 N–H and O–H groups in total. The van der Waals surface area contributed by atoms with Crippen molar-refractivity contribution in [1.82, 2.24) is 24.9 Å². The molecule has 7 nitrogen and oxygen atoms in total. The first-order valence-corrected chi connectivity index (χ1v) is 11.1. The lowest BCUT2D eigenvalue weighted by Gasteiger charge is -2.07. The number of halogens is 4. The molecule has 4 rings (SSSR count). The van der Waals surface area contributed by atoms with Crippen LogP contribution in [0.2, 0.25) is 0 Å². The van der Waals surface area contributed by atoms with Gasteiger partial charge >= 0.3 is 6.18 Å². The van der Waals surface area contributed by atoms with Gasteiger partial charge in [-0.15, -0.1) is 0 Å². The molecule has 32 heavy (non-hydrogen) atoms. The van der Waals surface area contributed by atoms with Crippen LogP contribution in [0.5, 0.6) is 0 Å². The lowest BCUT2D eigenvalue weighted by molar-refractivity contribution is -0.141. The van der Waals surface area contributed by atoms with Crippen LogP contribution in [0.1, 0.15) is 64.3 Å². The van der Waals surface area contributed by atoms with Crippen molar-refractivity contribution in [3.63, 3.8) is 0 Å². The number of nitrogens with one attached hydrogen (secondary N) is 1. The SMILES string of the molecule is Cc1nn(Cc2ccc(C(=O)NCCCn3nc(C(F)(F)F)cc3C3CC3)o2)c(C)c1Br. The number of amides is 1. The van der Waals surface area contributed by atoms with E-state index in [-0.39, 0.29) is 17.6 Å². The quantitative estimate of drug-likeness (QED) is 0.438. The second kappa shape index (κ2) is 8.76. The van der Waals surface area contributed by atoms with E-state index >= 15 is 0 Å². The van der Waals surface area contributed by atoms with Crippen LogP contribution in [0.3, 0.4) is 0 Å². The molecule has 1 amide bonds. The van der Waals surface area contributed by atoms with Gasteiger partial charge in [-0.3, -0.25) is 14.2 Å². The van der Waals surface area contributed by atoms with E-state index in [1.165, 1.54) is 4.68 Å². The van der Waals surface area contributed by atoms with Gasteiger partial charge in [0.25, 0.3) is 5.91 Å². The Bertz CT molecular complexity index is 1130. The van der Waals surface area contributed by atoms with Crippen LogP contribution < -0.4 is 5.32 Å². The number of carbonyl (C=O) groups is 1. The summed E-state index contributed by atoms with van der Waals surface area (Å²) in [7, 11) is 0. The number of carbonyl (C=O) groups excluding carboxylic acids is 1. The monoisotopic (exact) mass is 513 g/mol. The molecular formula is C21H23BrF3N5O2. The maximum absolute atomic E-state index is 13.0. The first-order valence-electron chi connectivity index (χ1n) is 10.3. The minimum absolute atomic E-state index is 0.151. The van der Waals surface area contributed by atoms with Crippen LogP contribution in [0, 0.1) is 13.8 Å². The molecule has 1 fully saturated rings. The maximum atomic E-state index is 13.0. The minimum atomic E-state index is -4.45. The molecule has 0 spiro atoms. The number of nitrogens with zero attached hydrogens (tertiary/aromatic N) is 4. The molecule has 1 saturated carbocycles. The fraction of sp³-hybridized carbons (Fsp3) is 0.476. The first kappa shape index (κ1) is 22.6. The van der Waals surface area contributed by atoms with E-state index < -0.39 is 11.9 Å². The fourth-order valence-corrected chi connectivity index (χ4v) is 3.82. The Balaban J connectivity index is 1.30. The van der Waals surface area contributed by atoms with Gasteiger partial charge in [-0.25, -0.2) is 0 Å². The Labute approximate surface area is 191 Å². The molecule has 0 saturated heterocycles. The van der Waals surface area contributed by atoms with E-state index in [4.69, 9.17) is 4.42 Å². The molecule has 172 valence electrons. The summed E-state index contributed by atoms with van der Waals surface area (Å²) in [4.78, 5) is 12.4. The third kappa shape index (κ3) is 4.92. The Morgan fingerprint density at radius 2 is 2.00 bits per heavy atom. The van der Waals surface area contributed by atoms with Crippen LogP contribution in [-0.4, -0.2) is 32.0 Å². The highest BCUT2D eigenvalue weighted by molar-refractivity contribution is 9.10. The molecular weight excluding hydrogens is 491 g/mol. The summed E-state index contributed by atoms with van der Waals surface area (Å²) < 4.78 is 48.7. The fourth-order valence-electron chi connectivity index (χ4n) is 3.54. The molecule has 1 aliphatic rings. The van der Waals surface area contributed by atoms with Gasteiger partial charge < -0.3 is 9.73 Å². The number of hydrogen-bond donors (Lipinski definition) is 1. The van der Waals surface area contributed by atoms with Crippen LogP contribution in [0.15, 0.2) is 27.1 Å². The van der Waals surface area contributed by atoms with Crippen molar-refractivity contribution < 1.29 is 22.4 Å². The van der Waals surface area contributed by atoms with E-state index in [1.54, 1.807) is 16.8 Å². The lowest BCUT2D eigenvalue weighted by Crippen LogP contribution is -2.25. The predicted molar refractivity (Wildman–Crippen MR) is 113 cm³/mol. The van der Waals surface area contributed by atoms with Gasteiger partial charge in [0.2, 0.25) is 0 Å². The van der Waals surface area contributed by atoms with Crippen molar-refractivity contribution in [3.8, 4) is 0 Å². The van der Waals surface area contributed by atoms with Crippen molar-refractivity contribution in [2.75, 3.05) is 6.54 Å². The van der Waals surface area contributed by atoms with Gasteiger partial charge in [-0.2, -0.15) is 23.4 Å². The number of hydrogen-bond acceptors (Lipinski definition) is 4. The van der Waals surface area contributed by atoms with E-state index in [0.717, 1.165) is 34.8 Å². The summed E-state index contributed by atoms with van der Waals surface area (Å²) in [5, 5.41) is 10.9. The highest BCUT2D eigenvalue weighted by Gasteiger charge is 2.37. The van der Waals surface area contributed by atoms with Crippen molar-refractivity contribution in [3.05, 3.63) is 57.0 Å². The van der Waals surface area contributed by atoms with E-state index in [9.17, 15) is 18.0 Å². The van der Waals surface area contributed by atoms with Crippen LogP contribution >= 0.6 is 15.9 Å². The zero-order valence-electron chi connectivity index (χ0n) is 17.7. The van der Waals surface area contributed by atoms with Gasteiger partial charge in [-0.05, 0) is 67.2 Å². The van der Waals surface area contributed by atoms with Crippen LogP contribution in [0.25, 0.3) is 0 Å². The van der Waals surface area contributed by atoms with Crippen molar-refractivity contribution in [2.45, 2.75) is 58.3 Å². The number of aryl methyl sites for hydroxylation is 2. The van der Waals surface area contributed by atoms with E-state index in [1.807, 2.05) is 13.8 Å². The average molecular weight is 514 g/mol. The van der Waals surface area contributed by atoms with Gasteiger partial charge in [0.15, 0.2) is 11.5 Å². The second-order valence-corrected chi connectivity index (χ2v) is 8.76. The smallest absolute Gasteiger partial charge is 0.435 e. The van der Waals surface area contributed by atoms with Crippen molar-refractivity contribution >= 4 is 21.8 Å². The van der Waals surface area contributed by atoms with E-state index in [0.29, 0.717) is 37.5 Å². The molecule has 0 aliphatic heterocycles. The molecule has 1 aliphatic carbocycles. The molecule has 0 unspecified atom stereocenters. The zero-order chi connectivity index (χ0) is 23.0. The number of furan rings is 1. The van der Waals surface area contributed by atoms with Crippen LogP contribution in [0.4, 0.5) is 13.2 Å². The Hall–Kier alpha value is -2.56. The summed E-state index contributed by atoms with van der Waals surface area (Å²) in [5.74, 6) is 0.554. The molecule has 3 aromatic heterocycles. The summed E-state index contributed by atoms with van der Waals surface area (Å²) in [6.07, 6.45) is -2.23. The largest absolute Gasteiger partial charge is 0.454 e. The molecule has 3 heterocycles. The highest BCUT2D eigenvalue weighted by atomic mass is 79.9. The van der Waals surface area contributed by atoms with Gasteiger partial charge in [0, 0.05) is 24.7 Å². The van der Waals surface area contributed by atoms with Gasteiger partial charge in [-0.1, -0.05) is 0 Å². The summed E-state index contributed by atoms with van der Waals surface area (Å²) in [6.45, 7) is 4.83. The first-order chi connectivity index (χ1) is 15.1. The van der Waals surface area contributed by atoms with E-state index in [2.05, 4.69) is 31.4 Å². The lowest BCUT2D eigenvalue weighted by atomic mass is 10.2. The molecule has 0 radical (unpaired) electrons. The Morgan fingerprint density at radius 1 is 1.25 bits per heavy atom. The zero-order valence-corrected chi connectivity index (χ0v) is 19.3. The summed E-state index contributed by atoms with van der Waals surface area (Å²) >= 11 is 3.48. The van der Waals surface area contributed by atoms with Crippen molar-refractivity contribution in [2.24, 2.45) is 0 Å². The summed E-state index contributed by atoms with van der Waals surface area (Å²) in [6, 6.07) is 4.46. The Morgan fingerprint density at radius 3 is 2.62 bits per heavy atom. The molecule has 3 aromatic rings. The topological polar surface area (TPSA) is 77.9 Å². The third-order valence-corrected chi connectivity index (χ3v) is 6.56. The standard InChI is InChI=1S/C21H23BrF3N5O2/c1-12-19(22)13(2)30(27-12)11-15-6-7-17(32-15)20(31)26-8-3-9-29-16(14-4-5-14)10-18(28-29)21(23,24)25/h6-7,10,14H,3-5,8-9,11H2,1-2H3,(H,26,31). The highest BCUT2D eigenvalue weighted by Crippen LogP contribution is 2.42. The Kier molecular flexibility index (Phi) is 6.19. The molecule has 11 heteroatoms. The van der Waals surface area contributed by atoms with Crippen LogP contribution in [-0.2, 0) is 19.3 Å².